The van der Waals surface area contributed by atoms with E-state index >= 15 is 0 Å². The van der Waals surface area contributed by atoms with E-state index in [1.165, 1.54) is 6.07 Å². The van der Waals surface area contributed by atoms with E-state index in [9.17, 15) is 13.2 Å². The minimum Gasteiger partial charge on any atom is -0.333 e. The fourth-order valence-electron chi connectivity index (χ4n) is 2.91. The largest absolute Gasteiger partial charge is 0.433 e. The van der Waals surface area contributed by atoms with Crippen LogP contribution in [0.1, 0.15) is 28.3 Å². The van der Waals surface area contributed by atoms with Crippen LogP contribution in [0.25, 0.3) is 21.0 Å². The van der Waals surface area contributed by atoms with Crippen molar-refractivity contribution >= 4 is 33.2 Å². The van der Waals surface area contributed by atoms with E-state index in [2.05, 4.69) is 20.2 Å². The number of thiophene rings is 1. The lowest BCUT2D eigenvalue weighted by Gasteiger charge is -2.04. The fourth-order valence-corrected chi connectivity index (χ4v) is 4.25. The number of halogens is 4. The topological polar surface area (TPSA) is 69.6 Å². The van der Waals surface area contributed by atoms with Gasteiger partial charge in [-0.2, -0.15) is 23.3 Å². The Morgan fingerprint density at radius 3 is 2.61 bits per heavy atom. The molecular weight excluding hydrogens is 415 g/mol. The highest BCUT2D eigenvalue weighted by Crippen LogP contribution is 2.38. The van der Waals surface area contributed by atoms with Gasteiger partial charge in [-0.05, 0) is 31.5 Å². The van der Waals surface area contributed by atoms with Crippen LogP contribution < -0.4 is 0 Å². The third kappa shape index (κ3) is 3.16. The molecule has 4 heterocycles. The second-order valence-electron chi connectivity index (χ2n) is 6.27. The highest BCUT2D eigenvalue weighted by atomic mass is 35.5. The summed E-state index contributed by atoms with van der Waals surface area (Å²) in [5.41, 5.74) is 1.37. The average molecular weight is 428 g/mol. The Morgan fingerprint density at radius 1 is 1.21 bits per heavy atom. The number of alkyl halides is 3. The van der Waals surface area contributed by atoms with E-state index < -0.39 is 11.9 Å². The molecule has 0 atom stereocenters. The molecule has 0 bridgehead atoms. The summed E-state index contributed by atoms with van der Waals surface area (Å²) < 4.78 is 45.6. The molecule has 11 heteroatoms. The number of rotatable bonds is 3. The summed E-state index contributed by atoms with van der Waals surface area (Å²) in [6.07, 6.45) is -4.16. The second-order valence-corrected chi connectivity index (χ2v) is 7.63. The maximum Gasteiger partial charge on any atom is 0.433 e. The molecule has 146 valence electrons. The van der Waals surface area contributed by atoms with Crippen molar-refractivity contribution in [1.29, 1.82) is 0 Å². The molecule has 6 nitrogen and oxygen atoms in total. The number of hydrogen-bond donors (Lipinski definition) is 0. The molecule has 0 saturated heterocycles. The molecule has 0 aliphatic rings. The Balaban J connectivity index is 1.70. The fraction of sp³-hybridized carbons (Fsp3) is 0.294. The molecule has 0 fully saturated rings. The molecule has 4 rings (SSSR count). The Hall–Kier alpha value is -2.46. The molecule has 0 aliphatic heterocycles. The molecule has 4 aromatic rings. The first-order valence-corrected chi connectivity index (χ1v) is 9.33. The summed E-state index contributed by atoms with van der Waals surface area (Å²) in [6.45, 7) is 3.62. The zero-order chi connectivity index (χ0) is 20.2. The quantitative estimate of drug-likeness (QED) is 0.462. The molecule has 28 heavy (non-hydrogen) atoms. The summed E-state index contributed by atoms with van der Waals surface area (Å²) in [6, 6.07) is 2.38. The maximum atomic E-state index is 12.9. The van der Waals surface area contributed by atoms with Crippen LogP contribution in [0.2, 0.25) is 5.15 Å². The smallest absolute Gasteiger partial charge is 0.333 e. The first-order chi connectivity index (χ1) is 13.1. The highest BCUT2D eigenvalue weighted by Gasteiger charge is 2.33. The van der Waals surface area contributed by atoms with Crippen LogP contribution in [0.4, 0.5) is 13.2 Å². The van der Waals surface area contributed by atoms with Crippen molar-refractivity contribution < 1.29 is 17.7 Å². The SMILES string of the molecule is Cc1nn(C)c(Cl)c1Cc1noc(-c2sc3nc(C(F)(F)F)ccc3c2C)n1. The molecule has 0 aliphatic carbocycles. The molecule has 0 N–H and O–H groups in total. The van der Waals surface area contributed by atoms with Crippen LogP contribution >= 0.6 is 22.9 Å². The summed E-state index contributed by atoms with van der Waals surface area (Å²) in [5, 5.41) is 9.33. The molecule has 0 spiro atoms. The van der Waals surface area contributed by atoms with Gasteiger partial charge in [0.25, 0.3) is 5.89 Å². The Labute approximate surface area is 166 Å². The third-order valence-electron chi connectivity index (χ3n) is 4.36. The van der Waals surface area contributed by atoms with Crippen molar-refractivity contribution in [2.75, 3.05) is 0 Å². The first-order valence-electron chi connectivity index (χ1n) is 8.13. The van der Waals surface area contributed by atoms with Gasteiger partial charge in [0, 0.05) is 24.4 Å². The lowest BCUT2D eigenvalue weighted by Crippen LogP contribution is -2.06. The standard InChI is InChI=1S/C17H13ClF3N5OS/c1-7-9-4-5-11(17(19,20)21)22-16(9)28-13(7)15-23-12(25-27-15)6-10-8(2)24-26(3)14(10)18/h4-5H,6H2,1-3H3. The molecule has 0 unspecified atom stereocenters. The second kappa shape index (κ2) is 6.56. The van der Waals surface area contributed by atoms with Crippen molar-refractivity contribution in [3.05, 3.63) is 45.6 Å². The summed E-state index contributed by atoms with van der Waals surface area (Å²) in [5.74, 6) is 0.649. The van der Waals surface area contributed by atoms with Crippen LogP contribution in [-0.2, 0) is 19.6 Å². The van der Waals surface area contributed by atoms with Crippen molar-refractivity contribution in [3.8, 4) is 10.8 Å². The number of aryl methyl sites for hydroxylation is 3. The van der Waals surface area contributed by atoms with Gasteiger partial charge in [0.15, 0.2) is 5.82 Å². The van der Waals surface area contributed by atoms with E-state index in [0.717, 1.165) is 34.2 Å². The van der Waals surface area contributed by atoms with Gasteiger partial charge in [0.2, 0.25) is 0 Å². The molecular formula is C17H13ClF3N5OS. The van der Waals surface area contributed by atoms with Crippen LogP contribution in [0.5, 0.6) is 0 Å². The lowest BCUT2D eigenvalue weighted by molar-refractivity contribution is -0.140. The highest BCUT2D eigenvalue weighted by molar-refractivity contribution is 7.22. The number of hydrogen-bond acceptors (Lipinski definition) is 6. The normalized spacial score (nSPS) is 12.2. The molecule has 0 saturated carbocycles. The van der Waals surface area contributed by atoms with Gasteiger partial charge in [-0.3, -0.25) is 4.68 Å². The van der Waals surface area contributed by atoms with Gasteiger partial charge in [0.1, 0.15) is 15.7 Å². The zero-order valence-corrected chi connectivity index (χ0v) is 16.5. The van der Waals surface area contributed by atoms with E-state index in [4.69, 9.17) is 16.1 Å². The number of aromatic nitrogens is 5. The average Bonchev–Trinajstić information content (AvgIpc) is 3.28. The number of nitrogens with zero attached hydrogens (tertiary/aromatic N) is 5. The number of fused-ring (bicyclic) bond motifs is 1. The summed E-state index contributed by atoms with van der Waals surface area (Å²) in [4.78, 5) is 8.97. The van der Waals surface area contributed by atoms with Crippen molar-refractivity contribution in [3.63, 3.8) is 0 Å². The van der Waals surface area contributed by atoms with Gasteiger partial charge >= 0.3 is 6.18 Å². The maximum absolute atomic E-state index is 12.9. The first kappa shape index (κ1) is 18.9. The van der Waals surface area contributed by atoms with E-state index in [1.54, 1.807) is 18.7 Å². The van der Waals surface area contributed by atoms with Crippen LogP contribution in [0, 0.1) is 13.8 Å². The molecule has 0 amide bonds. The Morgan fingerprint density at radius 2 is 1.96 bits per heavy atom. The molecule has 0 aromatic carbocycles. The van der Waals surface area contributed by atoms with E-state index in [-0.39, 0.29) is 10.7 Å². The lowest BCUT2D eigenvalue weighted by atomic mass is 10.2. The van der Waals surface area contributed by atoms with Crippen molar-refractivity contribution in [1.82, 2.24) is 24.9 Å². The molecule has 0 radical (unpaired) electrons. The van der Waals surface area contributed by atoms with Gasteiger partial charge in [0.05, 0.1) is 10.6 Å². The Kier molecular flexibility index (Phi) is 4.42. The predicted molar refractivity (Wildman–Crippen MR) is 98.4 cm³/mol. The van der Waals surface area contributed by atoms with Crippen LogP contribution in [0.15, 0.2) is 16.7 Å². The van der Waals surface area contributed by atoms with Crippen molar-refractivity contribution in [2.24, 2.45) is 7.05 Å². The number of pyridine rings is 1. The van der Waals surface area contributed by atoms with Gasteiger partial charge in [-0.15, -0.1) is 11.3 Å². The predicted octanol–water partition coefficient (Wildman–Crippen LogP) is 4.96. The summed E-state index contributed by atoms with van der Waals surface area (Å²) in [7, 11) is 1.74. The van der Waals surface area contributed by atoms with Crippen LogP contribution in [0.3, 0.4) is 0 Å². The van der Waals surface area contributed by atoms with Gasteiger partial charge in [-0.25, -0.2) is 4.98 Å². The van der Waals surface area contributed by atoms with Crippen LogP contribution in [-0.4, -0.2) is 24.9 Å². The summed E-state index contributed by atoms with van der Waals surface area (Å²) >= 11 is 7.32. The Bertz CT molecular complexity index is 1190. The van der Waals surface area contributed by atoms with Gasteiger partial charge < -0.3 is 4.52 Å². The van der Waals surface area contributed by atoms with Gasteiger partial charge in [-0.1, -0.05) is 16.8 Å². The molecule has 4 aromatic heterocycles. The van der Waals surface area contributed by atoms with Crippen molar-refractivity contribution in [2.45, 2.75) is 26.4 Å². The van der Waals surface area contributed by atoms with E-state index in [0.29, 0.717) is 27.7 Å². The third-order valence-corrected chi connectivity index (χ3v) is 6.02. The van der Waals surface area contributed by atoms with E-state index in [1.807, 2.05) is 6.92 Å². The monoisotopic (exact) mass is 427 g/mol. The minimum atomic E-state index is -4.50. The minimum absolute atomic E-state index is 0.238. The zero-order valence-electron chi connectivity index (χ0n) is 14.9.